The fourth-order valence-electron chi connectivity index (χ4n) is 2.49. The molecule has 0 unspecified atom stereocenters. The van der Waals surface area contributed by atoms with E-state index in [4.69, 9.17) is 4.74 Å². The third-order valence-corrected chi connectivity index (χ3v) is 6.85. The number of carbonyl (C=O) groups is 1. The van der Waals surface area contributed by atoms with Gasteiger partial charge in [0, 0.05) is 0 Å². The van der Waals surface area contributed by atoms with Crippen LogP contribution in [0.25, 0.3) is 20.4 Å². The fourth-order valence-corrected chi connectivity index (χ4v) is 5.15. The van der Waals surface area contributed by atoms with Crippen LogP contribution in [0.3, 0.4) is 0 Å². The van der Waals surface area contributed by atoms with E-state index in [-0.39, 0.29) is 6.03 Å². The number of amides is 2. The number of nitrogens with zero attached hydrogens (tertiary/aromatic N) is 2. The summed E-state index contributed by atoms with van der Waals surface area (Å²) < 4.78 is 8.40. The van der Waals surface area contributed by atoms with Crippen molar-refractivity contribution in [2.45, 2.75) is 4.34 Å². The number of benzene rings is 2. The Labute approximate surface area is 161 Å². The summed E-state index contributed by atoms with van der Waals surface area (Å²) in [5.74, 6) is 0.600. The number of ether oxygens (including phenoxy) is 1. The summed E-state index contributed by atoms with van der Waals surface area (Å²) >= 11 is 4.72. The van der Waals surface area contributed by atoms with E-state index < -0.39 is 0 Å². The molecule has 0 spiro atoms. The van der Waals surface area contributed by atoms with Crippen LogP contribution in [0.1, 0.15) is 0 Å². The van der Waals surface area contributed by atoms with E-state index in [2.05, 4.69) is 20.6 Å². The SMILES string of the molecule is COc1ccccc1NC(=O)Nc1nc2ccc3nc(SC)sc3c2s1. The predicted octanol–water partition coefficient (Wildman–Crippen LogP) is 5.28. The lowest BCUT2D eigenvalue weighted by molar-refractivity contribution is 0.262. The average molecular weight is 403 g/mol. The number of carbonyl (C=O) groups excluding carboxylic acids is 1. The van der Waals surface area contributed by atoms with Gasteiger partial charge in [-0.25, -0.2) is 14.8 Å². The highest BCUT2D eigenvalue weighted by molar-refractivity contribution is 8.00. The van der Waals surface area contributed by atoms with Crippen LogP contribution in [0.4, 0.5) is 15.6 Å². The first-order valence-corrected chi connectivity index (χ1v) is 10.5. The highest BCUT2D eigenvalue weighted by Crippen LogP contribution is 2.38. The second-order valence-corrected chi connectivity index (χ2v) is 8.30. The predicted molar refractivity (Wildman–Crippen MR) is 110 cm³/mol. The van der Waals surface area contributed by atoms with E-state index in [0.717, 1.165) is 24.8 Å². The van der Waals surface area contributed by atoms with Crippen molar-refractivity contribution in [3.8, 4) is 5.75 Å². The van der Waals surface area contributed by atoms with Crippen LogP contribution in [-0.4, -0.2) is 29.4 Å². The number of rotatable bonds is 4. The molecule has 0 bridgehead atoms. The molecule has 9 heteroatoms. The number of methoxy groups -OCH3 is 1. The van der Waals surface area contributed by atoms with Gasteiger partial charge >= 0.3 is 6.03 Å². The monoisotopic (exact) mass is 402 g/mol. The zero-order valence-corrected chi connectivity index (χ0v) is 16.3. The minimum absolute atomic E-state index is 0.362. The van der Waals surface area contributed by atoms with Crippen LogP contribution in [-0.2, 0) is 0 Å². The number of para-hydroxylation sites is 2. The largest absolute Gasteiger partial charge is 0.495 e. The van der Waals surface area contributed by atoms with Gasteiger partial charge < -0.3 is 10.1 Å². The molecule has 0 aliphatic carbocycles. The maximum atomic E-state index is 12.3. The number of thiazole rings is 2. The second kappa shape index (κ2) is 7.10. The maximum absolute atomic E-state index is 12.3. The van der Waals surface area contributed by atoms with Crippen LogP contribution in [0.5, 0.6) is 5.75 Å². The highest BCUT2D eigenvalue weighted by atomic mass is 32.2. The smallest absolute Gasteiger partial charge is 0.325 e. The summed E-state index contributed by atoms with van der Waals surface area (Å²) in [4.78, 5) is 21.4. The lowest BCUT2D eigenvalue weighted by atomic mass is 10.3. The van der Waals surface area contributed by atoms with Gasteiger partial charge in [-0.05, 0) is 30.5 Å². The minimum atomic E-state index is -0.362. The number of hydrogen-bond donors (Lipinski definition) is 2. The van der Waals surface area contributed by atoms with Crippen molar-refractivity contribution in [3.05, 3.63) is 36.4 Å². The number of urea groups is 1. The molecule has 2 N–H and O–H groups in total. The fraction of sp³-hybridized carbons (Fsp3) is 0.118. The lowest BCUT2D eigenvalue weighted by Crippen LogP contribution is -2.19. The zero-order valence-electron chi connectivity index (χ0n) is 13.9. The zero-order chi connectivity index (χ0) is 18.1. The summed E-state index contributed by atoms with van der Waals surface area (Å²) in [7, 11) is 1.56. The molecular weight excluding hydrogens is 388 g/mol. The molecule has 0 saturated heterocycles. The van der Waals surface area contributed by atoms with E-state index in [1.54, 1.807) is 42.3 Å². The van der Waals surface area contributed by atoms with Gasteiger partial charge in [0.25, 0.3) is 0 Å². The molecular formula is C17H14N4O2S3. The molecule has 0 fully saturated rings. The quantitative estimate of drug-likeness (QED) is 0.454. The van der Waals surface area contributed by atoms with E-state index >= 15 is 0 Å². The summed E-state index contributed by atoms with van der Waals surface area (Å²) in [5, 5.41) is 6.12. The Morgan fingerprint density at radius 3 is 2.54 bits per heavy atom. The maximum Gasteiger partial charge on any atom is 0.325 e. The molecule has 4 aromatic rings. The third-order valence-electron chi connectivity index (χ3n) is 3.64. The van der Waals surface area contributed by atoms with Crippen molar-refractivity contribution >= 4 is 71.7 Å². The van der Waals surface area contributed by atoms with Crippen molar-refractivity contribution in [2.24, 2.45) is 0 Å². The second-order valence-electron chi connectivity index (χ2n) is 5.24. The molecule has 132 valence electrons. The minimum Gasteiger partial charge on any atom is -0.495 e. The molecule has 6 nitrogen and oxygen atoms in total. The molecule has 2 heterocycles. The van der Waals surface area contributed by atoms with Crippen LogP contribution < -0.4 is 15.4 Å². The molecule has 0 aliphatic rings. The van der Waals surface area contributed by atoms with Gasteiger partial charge in [-0.2, -0.15) is 0 Å². The van der Waals surface area contributed by atoms with E-state index in [0.29, 0.717) is 16.6 Å². The van der Waals surface area contributed by atoms with Gasteiger partial charge in [-0.3, -0.25) is 5.32 Å². The van der Waals surface area contributed by atoms with Gasteiger partial charge in [-0.1, -0.05) is 35.2 Å². The van der Waals surface area contributed by atoms with Crippen molar-refractivity contribution in [1.29, 1.82) is 0 Å². The molecule has 0 saturated carbocycles. The van der Waals surface area contributed by atoms with Gasteiger partial charge in [0.05, 0.1) is 33.2 Å². The van der Waals surface area contributed by atoms with Gasteiger partial charge in [0.2, 0.25) is 0 Å². The molecule has 26 heavy (non-hydrogen) atoms. The lowest BCUT2D eigenvalue weighted by Gasteiger charge is -2.09. The Bertz CT molecular complexity index is 1110. The number of fused-ring (bicyclic) bond motifs is 3. The van der Waals surface area contributed by atoms with Crippen LogP contribution in [0.15, 0.2) is 40.7 Å². The van der Waals surface area contributed by atoms with Gasteiger partial charge in [0.15, 0.2) is 9.47 Å². The van der Waals surface area contributed by atoms with Crippen molar-refractivity contribution < 1.29 is 9.53 Å². The molecule has 2 aromatic heterocycles. The van der Waals surface area contributed by atoms with Crippen LogP contribution in [0, 0.1) is 0 Å². The Morgan fingerprint density at radius 2 is 1.77 bits per heavy atom. The Morgan fingerprint density at radius 1 is 1.04 bits per heavy atom. The van der Waals surface area contributed by atoms with E-state index in [1.807, 2.05) is 30.5 Å². The first-order chi connectivity index (χ1) is 12.7. The molecule has 2 aromatic carbocycles. The van der Waals surface area contributed by atoms with Crippen molar-refractivity contribution in [1.82, 2.24) is 9.97 Å². The summed E-state index contributed by atoms with van der Waals surface area (Å²) in [5.41, 5.74) is 2.41. The van der Waals surface area contributed by atoms with Gasteiger partial charge in [0.1, 0.15) is 5.75 Å². The van der Waals surface area contributed by atoms with Gasteiger partial charge in [-0.15, -0.1) is 11.3 Å². The number of hydrogen-bond acceptors (Lipinski definition) is 7. The van der Waals surface area contributed by atoms with Crippen molar-refractivity contribution in [2.75, 3.05) is 24.0 Å². The first kappa shape index (κ1) is 17.1. The number of aromatic nitrogens is 2. The molecule has 0 atom stereocenters. The Hall–Kier alpha value is -2.36. The molecule has 0 aliphatic heterocycles. The normalized spacial score (nSPS) is 11.0. The first-order valence-electron chi connectivity index (χ1n) is 7.63. The van der Waals surface area contributed by atoms with E-state index in [9.17, 15) is 4.79 Å². The summed E-state index contributed by atoms with van der Waals surface area (Å²) in [6.07, 6.45) is 2.01. The number of anilines is 2. The highest BCUT2D eigenvalue weighted by Gasteiger charge is 2.14. The summed E-state index contributed by atoms with van der Waals surface area (Å²) in [6.45, 7) is 0. The van der Waals surface area contributed by atoms with E-state index in [1.165, 1.54) is 11.3 Å². The van der Waals surface area contributed by atoms with Crippen LogP contribution in [0.2, 0.25) is 0 Å². The summed E-state index contributed by atoms with van der Waals surface area (Å²) in [6, 6.07) is 10.8. The molecule has 4 rings (SSSR count). The van der Waals surface area contributed by atoms with Crippen molar-refractivity contribution in [3.63, 3.8) is 0 Å². The number of nitrogens with one attached hydrogen (secondary N) is 2. The third kappa shape index (κ3) is 3.20. The number of thioether (sulfide) groups is 1. The Kier molecular flexibility index (Phi) is 4.66. The average Bonchev–Trinajstić information content (AvgIpc) is 3.24. The molecule has 0 radical (unpaired) electrons. The molecule has 2 amide bonds. The van der Waals surface area contributed by atoms with Crippen LogP contribution >= 0.6 is 34.4 Å². The standard InChI is InChI=1S/C17H14N4O2S3/c1-23-12-6-4-3-5-9(12)18-15(22)21-16-19-10-7-8-11-14(13(10)25-16)26-17(20-11)24-2/h3-8H,1-2H3,(H2,18,19,21,22). The topological polar surface area (TPSA) is 76.1 Å². The Balaban J connectivity index is 1.59.